The highest BCUT2D eigenvalue weighted by atomic mass is 32.1. The Hall–Kier alpha value is -3.45. The molecule has 0 bridgehead atoms. The van der Waals surface area contributed by atoms with E-state index in [-0.39, 0.29) is 12.0 Å². The molecule has 0 radical (unpaired) electrons. The van der Waals surface area contributed by atoms with Crippen molar-refractivity contribution in [1.82, 2.24) is 18.7 Å². The highest BCUT2D eigenvalue weighted by molar-refractivity contribution is 7.77. The molecule has 8 nitrogen and oxygen atoms in total. The molecule has 2 aliphatic carbocycles. The van der Waals surface area contributed by atoms with E-state index in [1.54, 1.807) is 11.4 Å². The van der Waals surface area contributed by atoms with E-state index in [1.807, 2.05) is 26.2 Å². The van der Waals surface area contributed by atoms with Gasteiger partial charge >= 0.3 is 0 Å². The molecular weight excluding hydrogens is 655 g/mol. The number of amides is 2. The molecule has 0 spiro atoms. The van der Waals surface area contributed by atoms with Crippen LogP contribution in [0, 0.1) is 24.2 Å². The van der Waals surface area contributed by atoms with Crippen LogP contribution in [0.4, 0.5) is 0 Å². The number of nitrogens with two attached hydrogens (primary N) is 1. The van der Waals surface area contributed by atoms with E-state index in [2.05, 4.69) is 78.1 Å². The third-order valence-corrected chi connectivity index (χ3v) is 12.0. The van der Waals surface area contributed by atoms with Gasteiger partial charge < -0.3 is 19.9 Å². The average molecular weight is 712 g/mol. The van der Waals surface area contributed by atoms with Gasteiger partial charge in [-0.15, -0.1) is 12.8 Å². The van der Waals surface area contributed by atoms with Crippen molar-refractivity contribution in [1.29, 1.82) is 0 Å². The zero-order valence-electron chi connectivity index (χ0n) is 31.2. The first-order chi connectivity index (χ1) is 24.5. The van der Waals surface area contributed by atoms with E-state index in [4.69, 9.17) is 10.5 Å². The summed E-state index contributed by atoms with van der Waals surface area (Å²) in [6.07, 6.45) is 18.4. The summed E-state index contributed by atoms with van der Waals surface area (Å²) in [5.41, 5.74) is 12.0. The molecule has 2 N–H and O–H groups in total. The summed E-state index contributed by atoms with van der Waals surface area (Å²) in [5, 5.41) is 1.21. The van der Waals surface area contributed by atoms with Crippen LogP contribution in [0.3, 0.4) is 0 Å². The highest BCUT2D eigenvalue weighted by Crippen LogP contribution is 2.66. The molecule has 4 heterocycles. The van der Waals surface area contributed by atoms with Crippen LogP contribution in [-0.4, -0.2) is 83.4 Å². The van der Waals surface area contributed by atoms with Gasteiger partial charge in [0, 0.05) is 59.7 Å². The molecule has 3 aromatic rings. The molecule has 8 rings (SSSR count). The van der Waals surface area contributed by atoms with E-state index in [9.17, 15) is 4.79 Å². The molecule has 1 aromatic heterocycles. The van der Waals surface area contributed by atoms with Gasteiger partial charge in [-0.2, -0.15) is 0 Å². The van der Waals surface area contributed by atoms with Crippen LogP contribution in [0.25, 0.3) is 22.2 Å². The van der Waals surface area contributed by atoms with Crippen molar-refractivity contribution in [3.63, 3.8) is 0 Å². The molecule has 274 valence electrons. The van der Waals surface area contributed by atoms with Gasteiger partial charge in [0.2, 0.25) is 11.8 Å². The summed E-state index contributed by atoms with van der Waals surface area (Å²) in [6.45, 7) is 8.19. The Morgan fingerprint density at radius 3 is 2.43 bits per heavy atom. The van der Waals surface area contributed by atoms with Gasteiger partial charge in [0.25, 0.3) is 0 Å². The first-order valence-electron chi connectivity index (χ1n) is 18.9. The topological polar surface area (TPSA) is 84.0 Å². The number of carbonyl (C=O) groups excluding carboxylic acids is 2. The summed E-state index contributed by atoms with van der Waals surface area (Å²) in [5.74, 6) is 1.90. The predicted octanol–water partition coefficient (Wildman–Crippen LogP) is 7.31. The number of hydrogen-bond donors (Lipinski definition) is 2. The largest absolute Gasteiger partial charge is 0.497 e. The summed E-state index contributed by atoms with van der Waals surface area (Å²) in [4.78, 5) is 32.7. The number of ether oxygens (including phenoxy) is 1. The number of thiol groups is 1. The Bertz CT molecular complexity index is 1770. The lowest BCUT2D eigenvalue weighted by Gasteiger charge is -2.46. The zero-order valence-corrected chi connectivity index (χ0v) is 32.1. The summed E-state index contributed by atoms with van der Waals surface area (Å²) in [7, 11) is 5.46. The van der Waals surface area contributed by atoms with Gasteiger partial charge in [0.1, 0.15) is 5.75 Å². The van der Waals surface area contributed by atoms with Crippen LogP contribution < -0.4 is 10.5 Å². The third-order valence-electron chi connectivity index (χ3n) is 12.0. The normalized spacial score (nSPS) is 25.4. The monoisotopic (exact) mass is 711 g/mol. The number of hydrogen-bond acceptors (Lipinski definition) is 6. The fourth-order valence-corrected chi connectivity index (χ4v) is 9.80. The summed E-state index contributed by atoms with van der Waals surface area (Å²) in [6, 6.07) is 13.3. The van der Waals surface area contributed by atoms with Crippen LogP contribution >= 0.6 is 12.8 Å². The zero-order chi connectivity index (χ0) is 36.6. The first-order valence-corrected chi connectivity index (χ1v) is 19.3. The molecule has 5 aliphatic rings. The van der Waals surface area contributed by atoms with E-state index >= 15 is 4.79 Å². The molecule has 2 amide bonds. The molecule has 4 fully saturated rings. The van der Waals surface area contributed by atoms with Crippen LogP contribution in [0.15, 0.2) is 36.4 Å². The minimum absolute atomic E-state index is 0.143. The second-order valence-electron chi connectivity index (χ2n) is 16.0. The Morgan fingerprint density at radius 1 is 1.04 bits per heavy atom. The second-order valence-corrected chi connectivity index (χ2v) is 16.8. The minimum Gasteiger partial charge on any atom is -0.497 e. The first kappa shape index (κ1) is 37.3. The molecule has 9 heteroatoms. The maximum absolute atomic E-state index is 15.2. The van der Waals surface area contributed by atoms with E-state index in [0.717, 1.165) is 43.7 Å². The quantitative estimate of drug-likeness (QED) is 0.207. The fourth-order valence-electron chi connectivity index (χ4n) is 9.80. The number of nitrogens with zero attached hydrogens (tertiary/aromatic N) is 4. The molecular formula is C42H57N5O3S. The van der Waals surface area contributed by atoms with Crippen molar-refractivity contribution >= 4 is 35.5 Å². The van der Waals surface area contributed by atoms with E-state index in [0.29, 0.717) is 35.9 Å². The number of carbonyl (C=O) groups is 2. The molecule has 3 unspecified atom stereocenters. The third kappa shape index (κ3) is 7.04. The van der Waals surface area contributed by atoms with Crippen molar-refractivity contribution in [2.24, 2.45) is 17.1 Å². The van der Waals surface area contributed by atoms with Crippen LogP contribution in [-0.2, 0) is 11.3 Å². The lowest BCUT2D eigenvalue weighted by atomic mass is 9.81. The van der Waals surface area contributed by atoms with E-state index in [1.165, 1.54) is 72.7 Å². The fraction of sp³-hybridized carbons (Fsp3) is 0.571. The number of benzene rings is 2. The Kier molecular flexibility index (Phi) is 11.2. The van der Waals surface area contributed by atoms with Crippen LogP contribution in [0.5, 0.6) is 5.75 Å². The van der Waals surface area contributed by atoms with Crippen molar-refractivity contribution in [2.45, 2.75) is 102 Å². The number of rotatable bonds is 6. The van der Waals surface area contributed by atoms with Gasteiger partial charge in [-0.05, 0) is 112 Å². The Balaban J connectivity index is 0.000000700. The number of fused-ring (bicyclic) bond motifs is 8. The van der Waals surface area contributed by atoms with Gasteiger partial charge in [0.05, 0.1) is 18.2 Å². The van der Waals surface area contributed by atoms with Crippen molar-refractivity contribution in [2.75, 3.05) is 40.8 Å². The molecule has 4 atom stereocenters. The number of piperazine rings is 1. The highest BCUT2D eigenvalue weighted by Gasteiger charge is 2.64. The van der Waals surface area contributed by atoms with Crippen molar-refractivity contribution < 1.29 is 14.3 Å². The van der Waals surface area contributed by atoms with Crippen molar-refractivity contribution in [3.05, 3.63) is 53.1 Å². The predicted molar refractivity (Wildman–Crippen MR) is 210 cm³/mol. The number of terminal acetylenes is 1. The SMILES string of the molecule is C#C.CN(C)S.COc1ccc2c(c1)C1CC1(C(=O)N1CC3CCCN3C[C@@H]1CC(C)C)Cn1c-2c(C2CCCCC2)c2ccc(C(N)=O)cc21. The van der Waals surface area contributed by atoms with Gasteiger partial charge in [0.15, 0.2) is 0 Å². The number of primary amides is 1. The lowest BCUT2D eigenvalue weighted by Crippen LogP contribution is -2.60. The standard InChI is InChI=1S/C38H48N4O3.C2H7NS.C2H2/c1-23(2)16-27-20-40-15-7-10-26(40)21-41(27)37(44)38-19-32(38)31-18-28(45-3)12-14-29(31)35-34(24-8-5-4-6-9-24)30-13-11-25(36(39)43)17-33(30)42(35)22-38;1-3(2)4;1-2/h11-14,17-18,23-24,26-27,32H,4-10,15-16,19-22H2,1-3H3,(H2,39,43);4H,1-2H3;1-2H/t26?,27-,32?,38?;;/m0../s1. The summed E-state index contributed by atoms with van der Waals surface area (Å²) >= 11 is 3.80. The molecule has 2 saturated carbocycles. The Labute approximate surface area is 310 Å². The summed E-state index contributed by atoms with van der Waals surface area (Å²) < 4.78 is 9.91. The molecule has 2 aromatic carbocycles. The maximum Gasteiger partial charge on any atom is 0.248 e. The molecule has 2 saturated heterocycles. The lowest BCUT2D eigenvalue weighted by molar-refractivity contribution is -0.144. The van der Waals surface area contributed by atoms with Gasteiger partial charge in [-0.1, -0.05) is 52.0 Å². The second kappa shape index (κ2) is 15.3. The minimum atomic E-state index is -0.513. The molecule has 51 heavy (non-hydrogen) atoms. The smallest absolute Gasteiger partial charge is 0.248 e. The van der Waals surface area contributed by atoms with Crippen molar-refractivity contribution in [3.8, 4) is 29.9 Å². The van der Waals surface area contributed by atoms with Crippen LogP contribution in [0.2, 0.25) is 0 Å². The molecule has 3 aliphatic heterocycles. The maximum atomic E-state index is 15.2. The number of methoxy groups -OCH3 is 1. The van der Waals surface area contributed by atoms with Gasteiger partial charge in [-0.3, -0.25) is 18.8 Å². The van der Waals surface area contributed by atoms with Crippen LogP contribution in [0.1, 0.15) is 105 Å². The number of aromatic nitrogens is 1. The van der Waals surface area contributed by atoms with Gasteiger partial charge in [-0.25, -0.2) is 0 Å². The Morgan fingerprint density at radius 2 is 1.76 bits per heavy atom. The van der Waals surface area contributed by atoms with E-state index < -0.39 is 11.3 Å². The average Bonchev–Trinajstić information content (AvgIpc) is 3.56.